The Hall–Kier alpha value is -2.05. The van der Waals surface area contributed by atoms with Crippen LogP contribution in [0, 0.1) is 12.8 Å². The van der Waals surface area contributed by atoms with E-state index in [0.29, 0.717) is 24.6 Å². The first-order valence-corrected chi connectivity index (χ1v) is 6.97. The first-order chi connectivity index (χ1) is 9.77. The molecule has 0 saturated carbocycles. The number of nitrogens with one attached hydrogen (secondary N) is 1. The summed E-state index contributed by atoms with van der Waals surface area (Å²) in [6, 6.07) is -0.924. The number of aliphatic carboxylic acids is 1. The summed E-state index contributed by atoms with van der Waals surface area (Å²) in [5.74, 6) is -1.01. The summed E-state index contributed by atoms with van der Waals surface area (Å²) in [6.45, 7) is 7.71. The maximum Gasteiger partial charge on any atom is 0.326 e. The maximum atomic E-state index is 12.4. The first-order valence-electron chi connectivity index (χ1n) is 6.97. The fraction of sp³-hybridized carbons (Fsp3) is 0.643. The lowest BCUT2D eigenvalue weighted by molar-refractivity contribution is -0.139. The van der Waals surface area contributed by atoms with Gasteiger partial charge in [-0.2, -0.15) is 5.10 Å². The quantitative estimate of drug-likeness (QED) is 0.792. The minimum absolute atomic E-state index is 0.160. The second-order valence-electron chi connectivity index (χ2n) is 5.32. The molecule has 1 amide bonds. The van der Waals surface area contributed by atoms with E-state index in [4.69, 9.17) is 4.74 Å². The van der Waals surface area contributed by atoms with Gasteiger partial charge in [-0.15, -0.1) is 0 Å². The molecule has 1 atom stereocenters. The number of aromatic nitrogens is 2. The summed E-state index contributed by atoms with van der Waals surface area (Å²) in [5, 5.41) is 15.9. The minimum atomic E-state index is -1.04. The number of carboxylic acid groups (broad SMARTS) is 1. The second kappa shape index (κ2) is 7.10. The number of nitrogens with zero attached hydrogens (tertiary/aromatic N) is 2. The van der Waals surface area contributed by atoms with Gasteiger partial charge < -0.3 is 15.2 Å². The third kappa shape index (κ3) is 4.21. The van der Waals surface area contributed by atoms with Crippen LogP contribution in [-0.4, -0.2) is 39.4 Å². The van der Waals surface area contributed by atoms with E-state index in [0.717, 1.165) is 0 Å². The molecule has 0 saturated heterocycles. The van der Waals surface area contributed by atoms with Crippen LogP contribution in [0.4, 0.5) is 0 Å². The molecule has 0 spiro atoms. The van der Waals surface area contributed by atoms with Crippen LogP contribution >= 0.6 is 0 Å². The zero-order chi connectivity index (χ0) is 16.2. The Balaban J connectivity index is 3.00. The molecule has 1 unspecified atom stereocenters. The molecule has 0 aliphatic rings. The highest BCUT2D eigenvalue weighted by Crippen LogP contribution is 2.21. The molecule has 0 bridgehead atoms. The Labute approximate surface area is 124 Å². The molecule has 1 aromatic heterocycles. The van der Waals surface area contributed by atoms with E-state index in [1.54, 1.807) is 14.0 Å². The van der Waals surface area contributed by atoms with Gasteiger partial charge in [0.25, 0.3) is 5.91 Å². The lowest BCUT2D eigenvalue weighted by Crippen LogP contribution is -2.41. The SMILES string of the molecule is CCOc1c(C(=O)NC(CC(C)C)C(=O)O)c(C)nn1C. The number of rotatable bonds is 7. The minimum Gasteiger partial charge on any atom is -0.480 e. The van der Waals surface area contributed by atoms with Gasteiger partial charge >= 0.3 is 5.97 Å². The number of hydrogen-bond donors (Lipinski definition) is 2. The van der Waals surface area contributed by atoms with Crippen LogP contribution in [0.15, 0.2) is 0 Å². The Morgan fingerprint density at radius 3 is 2.52 bits per heavy atom. The van der Waals surface area contributed by atoms with Crippen LogP contribution in [0.5, 0.6) is 5.88 Å². The standard InChI is InChI=1S/C14H23N3O4/c1-6-21-13-11(9(4)16-17(13)5)12(18)15-10(14(19)20)7-8(2)3/h8,10H,6-7H2,1-5H3,(H,15,18)(H,19,20). The molecule has 7 nitrogen and oxygen atoms in total. The smallest absolute Gasteiger partial charge is 0.326 e. The zero-order valence-electron chi connectivity index (χ0n) is 13.1. The topological polar surface area (TPSA) is 93.4 Å². The van der Waals surface area contributed by atoms with Crippen molar-refractivity contribution in [3.8, 4) is 5.88 Å². The molecule has 0 aliphatic carbocycles. The van der Waals surface area contributed by atoms with Gasteiger partial charge in [-0.25, -0.2) is 9.48 Å². The van der Waals surface area contributed by atoms with Gasteiger partial charge in [-0.1, -0.05) is 13.8 Å². The first kappa shape index (κ1) is 17.0. The summed E-state index contributed by atoms with van der Waals surface area (Å²) in [7, 11) is 1.68. The van der Waals surface area contributed by atoms with Gasteiger partial charge in [-0.05, 0) is 26.2 Å². The Bertz CT molecular complexity index is 523. The van der Waals surface area contributed by atoms with E-state index >= 15 is 0 Å². The summed E-state index contributed by atoms with van der Waals surface area (Å²) in [6.07, 6.45) is 0.365. The average Bonchev–Trinajstić information content (AvgIpc) is 2.63. The van der Waals surface area contributed by atoms with Crippen molar-refractivity contribution in [1.29, 1.82) is 0 Å². The van der Waals surface area contributed by atoms with Crippen LogP contribution in [-0.2, 0) is 11.8 Å². The molecular formula is C14H23N3O4. The summed E-state index contributed by atoms with van der Waals surface area (Å²) in [5.41, 5.74) is 0.793. The third-order valence-electron chi connectivity index (χ3n) is 2.99. The molecule has 118 valence electrons. The Morgan fingerprint density at radius 1 is 1.43 bits per heavy atom. The fourth-order valence-corrected chi connectivity index (χ4v) is 2.12. The van der Waals surface area contributed by atoms with Crippen LogP contribution in [0.1, 0.15) is 43.2 Å². The molecule has 0 aromatic carbocycles. The van der Waals surface area contributed by atoms with Gasteiger partial charge in [-0.3, -0.25) is 4.79 Å². The number of carboxylic acids is 1. The van der Waals surface area contributed by atoms with E-state index in [-0.39, 0.29) is 11.5 Å². The van der Waals surface area contributed by atoms with Gasteiger partial charge in [0.2, 0.25) is 5.88 Å². The fourth-order valence-electron chi connectivity index (χ4n) is 2.12. The number of carbonyl (C=O) groups is 2. The molecule has 2 N–H and O–H groups in total. The van der Waals surface area contributed by atoms with Crippen molar-refractivity contribution in [1.82, 2.24) is 15.1 Å². The molecule has 0 fully saturated rings. The number of carbonyl (C=O) groups excluding carboxylic acids is 1. The molecule has 0 aliphatic heterocycles. The van der Waals surface area contributed by atoms with E-state index in [2.05, 4.69) is 10.4 Å². The average molecular weight is 297 g/mol. The largest absolute Gasteiger partial charge is 0.480 e. The van der Waals surface area contributed by atoms with Gasteiger partial charge in [0.15, 0.2) is 0 Å². The number of aryl methyl sites for hydroxylation is 2. The van der Waals surface area contributed by atoms with Gasteiger partial charge in [0, 0.05) is 7.05 Å². The number of amides is 1. The highest BCUT2D eigenvalue weighted by molar-refractivity contribution is 5.99. The zero-order valence-corrected chi connectivity index (χ0v) is 13.1. The normalized spacial score (nSPS) is 12.3. The highest BCUT2D eigenvalue weighted by Gasteiger charge is 2.27. The molecule has 7 heteroatoms. The van der Waals surface area contributed by atoms with Crippen molar-refractivity contribution in [3.05, 3.63) is 11.3 Å². The van der Waals surface area contributed by atoms with Crippen LogP contribution in [0.25, 0.3) is 0 Å². The molecular weight excluding hydrogens is 274 g/mol. The third-order valence-corrected chi connectivity index (χ3v) is 2.99. The predicted octanol–water partition coefficient (Wildman–Crippen LogP) is 1.36. The summed E-state index contributed by atoms with van der Waals surface area (Å²) < 4.78 is 6.90. The van der Waals surface area contributed by atoms with E-state index in [9.17, 15) is 14.7 Å². The van der Waals surface area contributed by atoms with Crippen molar-refractivity contribution in [3.63, 3.8) is 0 Å². The van der Waals surface area contributed by atoms with Gasteiger partial charge in [0.1, 0.15) is 11.6 Å². The lowest BCUT2D eigenvalue weighted by Gasteiger charge is -2.16. The van der Waals surface area contributed by atoms with E-state index in [1.807, 2.05) is 20.8 Å². The Kier molecular flexibility index (Phi) is 5.75. The molecule has 21 heavy (non-hydrogen) atoms. The molecule has 0 radical (unpaired) electrons. The van der Waals surface area contributed by atoms with Crippen molar-refractivity contribution < 1.29 is 19.4 Å². The van der Waals surface area contributed by atoms with Crippen LogP contribution in [0.3, 0.4) is 0 Å². The Morgan fingerprint density at radius 2 is 2.05 bits per heavy atom. The van der Waals surface area contributed by atoms with E-state index < -0.39 is 17.9 Å². The molecule has 1 heterocycles. The predicted molar refractivity (Wildman–Crippen MR) is 77.5 cm³/mol. The van der Waals surface area contributed by atoms with Crippen molar-refractivity contribution >= 4 is 11.9 Å². The molecule has 1 aromatic rings. The monoisotopic (exact) mass is 297 g/mol. The van der Waals surface area contributed by atoms with Crippen molar-refractivity contribution in [2.45, 2.75) is 40.2 Å². The maximum absolute atomic E-state index is 12.4. The van der Waals surface area contributed by atoms with Gasteiger partial charge in [0.05, 0.1) is 12.3 Å². The van der Waals surface area contributed by atoms with Crippen LogP contribution < -0.4 is 10.1 Å². The summed E-state index contributed by atoms with van der Waals surface area (Å²) in [4.78, 5) is 23.6. The summed E-state index contributed by atoms with van der Waals surface area (Å²) >= 11 is 0. The second-order valence-corrected chi connectivity index (χ2v) is 5.32. The van der Waals surface area contributed by atoms with Crippen molar-refractivity contribution in [2.24, 2.45) is 13.0 Å². The number of ether oxygens (including phenoxy) is 1. The van der Waals surface area contributed by atoms with E-state index in [1.165, 1.54) is 4.68 Å². The molecule has 1 rings (SSSR count). The number of hydrogen-bond acceptors (Lipinski definition) is 4. The van der Waals surface area contributed by atoms with Crippen LogP contribution in [0.2, 0.25) is 0 Å². The lowest BCUT2D eigenvalue weighted by atomic mass is 10.0. The highest BCUT2D eigenvalue weighted by atomic mass is 16.5. The van der Waals surface area contributed by atoms with Crippen molar-refractivity contribution in [2.75, 3.05) is 6.61 Å².